The van der Waals surface area contributed by atoms with Gasteiger partial charge in [0.1, 0.15) is 5.82 Å². The van der Waals surface area contributed by atoms with E-state index in [4.69, 9.17) is 4.98 Å². The molecule has 6 heteroatoms. The standard InChI is InChI=1S/C28H31FN4O/c1-18(2)33(17-19-8-4-3-5-9-19)27(34)23-16-30-28(31-25-15-20-12-13-21(25)14-20)32-26(23)22-10-6-7-11-24(22)29/h3-11,16,18,20-21,25H,12-15,17H2,1-2H3,(H,30,31,32). The zero-order valence-electron chi connectivity index (χ0n) is 19.7. The number of rotatable bonds is 7. The number of amides is 1. The number of nitrogens with zero attached hydrogens (tertiary/aromatic N) is 3. The second kappa shape index (κ2) is 9.53. The van der Waals surface area contributed by atoms with Gasteiger partial charge in [-0.25, -0.2) is 14.4 Å². The number of benzene rings is 2. The van der Waals surface area contributed by atoms with Gasteiger partial charge in [-0.1, -0.05) is 48.9 Å². The maximum absolute atomic E-state index is 14.9. The Kier molecular flexibility index (Phi) is 6.31. The van der Waals surface area contributed by atoms with Crippen LogP contribution in [0.15, 0.2) is 60.8 Å². The molecule has 2 aliphatic rings. The van der Waals surface area contributed by atoms with Gasteiger partial charge in [0.05, 0.1) is 11.3 Å². The average molecular weight is 459 g/mol. The van der Waals surface area contributed by atoms with E-state index in [1.807, 2.05) is 44.2 Å². The molecule has 1 aromatic heterocycles. The molecule has 5 nitrogen and oxygen atoms in total. The maximum Gasteiger partial charge on any atom is 0.258 e. The third kappa shape index (κ3) is 4.54. The SMILES string of the molecule is CC(C)N(Cc1ccccc1)C(=O)c1cnc(NC2CC3CCC2C3)nc1-c1ccccc1F. The Labute approximate surface area is 200 Å². The second-order valence-electron chi connectivity index (χ2n) is 9.87. The van der Waals surface area contributed by atoms with Crippen molar-refractivity contribution < 1.29 is 9.18 Å². The first-order valence-corrected chi connectivity index (χ1v) is 12.2. The van der Waals surface area contributed by atoms with Crippen LogP contribution in [-0.4, -0.2) is 32.9 Å². The Morgan fingerprint density at radius 3 is 2.53 bits per heavy atom. The number of carbonyl (C=O) groups is 1. The molecule has 0 saturated heterocycles. The first kappa shape index (κ1) is 22.5. The average Bonchev–Trinajstić information content (AvgIpc) is 3.46. The summed E-state index contributed by atoms with van der Waals surface area (Å²) in [6, 6.07) is 16.7. The van der Waals surface area contributed by atoms with Gasteiger partial charge in [-0.15, -0.1) is 0 Å². The van der Waals surface area contributed by atoms with E-state index in [2.05, 4.69) is 10.3 Å². The highest BCUT2D eigenvalue weighted by Crippen LogP contribution is 2.45. The van der Waals surface area contributed by atoms with Crippen LogP contribution in [0.25, 0.3) is 11.3 Å². The Hall–Kier alpha value is -3.28. The fourth-order valence-corrected chi connectivity index (χ4v) is 5.48. The predicted octanol–water partition coefficient (Wildman–Crippen LogP) is 5.93. The van der Waals surface area contributed by atoms with Crippen LogP contribution >= 0.6 is 0 Å². The van der Waals surface area contributed by atoms with E-state index in [0.29, 0.717) is 41.3 Å². The molecule has 0 aliphatic heterocycles. The predicted molar refractivity (Wildman–Crippen MR) is 132 cm³/mol. The van der Waals surface area contributed by atoms with Gasteiger partial charge in [-0.3, -0.25) is 4.79 Å². The molecule has 0 spiro atoms. The third-order valence-corrected chi connectivity index (χ3v) is 7.28. The van der Waals surface area contributed by atoms with Crippen LogP contribution in [0.1, 0.15) is 55.5 Å². The minimum absolute atomic E-state index is 0.0481. The van der Waals surface area contributed by atoms with E-state index in [-0.39, 0.29) is 11.9 Å². The molecular weight excluding hydrogens is 427 g/mol. The van der Waals surface area contributed by atoms with Gasteiger partial charge in [0.15, 0.2) is 0 Å². The number of nitrogens with one attached hydrogen (secondary N) is 1. The number of halogens is 1. The number of aromatic nitrogens is 2. The highest BCUT2D eigenvalue weighted by Gasteiger charge is 2.40. The number of hydrogen-bond acceptors (Lipinski definition) is 4. The summed E-state index contributed by atoms with van der Waals surface area (Å²) in [7, 11) is 0. The van der Waals surface area contributed by atoms with Crippen LogP contribution in [0.4, 0.5) is 10.3 Å². The molecule has 3 unspecified atom stereocenters. The topological polar surface area (TPSA) is 58.1 Å². The third-order valence-electron chi connectivity index (χ3n) is 7.28. The van der Waals surface area contributed by atoms with Crippen LogP contribution in [0.3, 0.4) is 0 Å². The van der Waals surface area contributed by atoms with E-state index in [9.17, 15) is 9.18 Å². The van der Waals surface area contributed by atoms with E-state index in [0.717, 1.165) is 17.9 Å². The highest BCUT2D eigenvalue weighted by atomic mass is 19.1. The first-order valence-electron chi connectivity index (χ1n) is 12.2. The van der Waals surface area contributed by atoms with Crippen LogP contribution < -0.4 is 5.32 Å². The second-order valence-corrected chi connectivity index (χ2v) is 9.87. The molecule has 3 aromatic rings. The lowest BCUT2D eigenvalue weighted by Crippen LogP contribution is -2.37. The Balaban J connectivity index is 1.50. The lowest BCUT2D eigenvalue weighted by atomic mass is 9.95. The van der Waals surface area contributed by atoms with Crippen molar-refractivity contribution in [2.24, 2.45) is 11.8 Å². The number of hydrogen-bond donors (Lipinski definition) is 1. The summed E-state index contributed by atoms with van der Waals surface area (Å²) in [5.41, 5.74) is 2.00. The number of anilines is 1. The molecule has 5 rings (SSSR count). The minimum Gasteiger partial charge on any atom is -0.351 e. The van der Waals surface area contributed by atoms with Crippen molar-refractivity contribution in [3.8, 4) is 11.3 Å². The number of carbonyl (C=O) groups excluding carboxylic acids is 1. The van der Waals surface area contributed by atoms with Crippen LogP contribution in [0.5, 0.6) is 0 Å². The molecule has 2 fully saturated rings. The van der Waals surface area contributed by atoms with Gasteiger partial charge in [0.25, 0.3) is 5.91 Å². The van der Waals surface area contributed by atoms with Gasteiger partial charge in [0, 0.05) is 30.4 Å². The van der Waals surface area contributed by atoms with Gasteiger partial charge in [0.2, 0.25) is 5.95 Å². The molecule has 2 saturated carbocycles. The Bertz CT molecular complexity index is 1170. The Morgan fingerprint density at radius 2 is 1.85 bits per heavy atom. The van der Waals surface area contributed by atoms with Crippen molar-refractivity contribution in [3.63, 3.8) is 0 Å². The van der Waals surface area contributed by atoms with Crippen molar-refractivity contribution >= 4 is 11.9 Å². The van der Waals surface area contributed by atoms with Crippen LogP contribution in [0.2, 0.25) is 0 Å². The van der Waals surface area contributed by atoms with Crippen molar-refractivity contribution in [1.82, 2.24) is 14.9 Å². The smallest absolute Gasteiger partial charge is 0.258 e. The largest absolute Gasteiger partial charge is 0.351 e. The molecule has 1 heterocycles. The molecule has 176 valence electrons. The fourth-order valence-electron chi connectivity index (χ4n) is 5.48. The van der Waals surface area contributed by atoms with Crippen molar-refractivity contribution in [3.05, 3.63) is 77.7 Å². The van der Waals surface area contributed by atoms with Crippen LogP contribution in [0, 0.1) is 17.7 Å². The summed E-state index contributed by atoms with van der Waals surface area (Å²) in [4.78, 5) is 24.8. The minimum atomic E-state index is -0.403. The monoisotopic (exact) mass is 458 g/mol. The summed E-state index contributed by atoms with van der Waals surface area (Å²) in [5, 5.41) is 3.49. The van der Waals surface area contributed by atoms with E-state index in [1.54, 1.807) is 29.3 Å². The maximum atomic E-state index is 14.9. The quantitative estimate of drug-likeness (QED) is 0.476. The molecule has 3 atom stereocenters. The molecule has 34 heavy (non-hydrogen) atoms. The summed E-state index contributed by atoms with van der Waals surface area (Å²) in [6.45, 7) is 4.42. The first-order chi connectivity index (χ1) is 16.5. The molecule has 1 amide bonds. The van der Waals surface area contributed by atoms with Crippen molar-refractivity contribution in [2.75, 3.05) is 5.32 Å². The van der Waals surface area contributed by atoms with Gasteiger partial charge < -0.3 is 10.2 Å². The molecule has 2 aromatic carbocycles. The Morgan fingerprint density at radius 1 is 1.09 bits per heavy atom. The lowest BCUT2D eigenvalue weighted by Gasteiger charge is -2.28. The van der Waals surface area contributed by atoms with Crippen molar-refractivity contribution in [1.29, 1.82) is 0 Å². The number of fused-ring (bicyclic) bond motifs is 2. The zero-order chi connectivity index (χ0) is 23.7. The van der Waals surface area contributed by atoms with Crippen molar-refractivity contribution in [2.45, 2.75) is 58.2 Å². The highest BCUT2D eigenvalue weighted by molar-refractivity contribution is 6.00. The van der Waals surface area contributed by atoms with Crippen LogP contribution in [-0.2, 0) is 6.54 Å². The molecular formula is C28H31FN4O. The summed E-state index contributed by atoms with van der Waals surface area (Å²) < 4.78 is 14.9. The molecule has 2 aliphatic carbocycles. The van der Waals surface area contributed by atoms with Gasteiger partial charge >= 0.3 is 0 Å². The molecule has 2 bridgehead atoms. The zero-order valence-corrected chi connectivity index (χ0v) is 19.7. The van der Waals surface area contributed by atoms with E-state index >= 15 is 0 Å². The summed E-state index contributed by atoms with van der Waals surface area (Å²) >= 11 is 0. The van der Waals surface area contributed by atoms with E-state index < -0.39 is 5.82 Å². The lowest BCUT2D eigenvalue weighted by molar-refractivity contribution is 0.0690. The normalized spacial score (nSPS) is 21.1. The van der Waals surface area contributed by atoms with Gasteiger partial charge in [-0.2, -0.15) is 0 Å². The van der Waals surface area contributed by atoms with Gasteiger partial charge in [-0.05, 0) is 62.6 Å². The fraction of sp³-hybridized carbons (Fsp3) is 0.393. The molecule has 1 N–H and O–H groups in total. The molecule has 0 radical (unpaired) electrons. The summed E-state index contributed by atoms with van der Waals surface area (Å²) in [6.07, 6.45) is 6.50. The van der Waals surface area contributed by atoms with E-state index in [1.165, 1.54) is 25.3 Å². The summed E-state index contributed by atoms with van der Waals surface area (Å²) in [5.74, 6) is 1.29.